The maximum atomic E-state index is 13.1. The lowest BCUT2D eigenvalue weighted by molar-refractivity contribution is 0.0628. The van der Waals surface area contributed by atoms with Gasteiger partial charge in [-0.2, -0.15) is 5.10 Å². The predicted octanol–water partition coefficient (Wildman–Crippen LogP) is 2.44. The number of hydrogen-bond acceptors (Lipinski definition) is 5. The normalized spacial score (nSPS) is 14.8. The minimum atomic E-state index is 0.0112. The van der Waals surface area contributed by atoms with Gasteiger partial charge in [0.1, 0.15) is 5.75 Å². The molecule has 1 fully saturated rings. The molecule has 1 N–H and O–H groups in total. The molecule has 0 bridgehead atoms. The predicted molar refractivity (Wildman–Crippen MR) is 106 cm³/mol. The van der Waals surface area contributed by atoms with E-state index >= 15 is 0 Å². The number of carbonyl (C=O) groups is 1. The molecule has 0 saturated carbocycles. The SMILES string of the molecule is COc1ccc(-c2[nH]ncc2C(=O)N2CCN(Cc3ccccn3)CC2)cc1. The summed E-state index contributed by atoms with van der Waals surface area (Å²) < 4.78 is 5.20. The molecular formula is C21H23N5O2. The van der Waals surface area contributed by atoms with Crippen molar-refractivity contribution in [3.05, 3.63) is 66.1 Å². The number of benzene rings is 1. The molecule has 4 rings (SSSR count). The van der Waals surface area contributed by atoms with Crippen LogP contribution in [0.4, 0.5) is 0 Å². The van der Waals surface area contributed by atoms with E-state index in [1.807, 2.05) is 53.6 Å². The highest BCUT2D eigenvalue weighted by Crippen LogP contribution is 2.25. The molecule has 7 heteroatoms. The van der Waals surface area contributed by atoms with Gasteiger partial charge in [-0.05, 0) is 36.4 Å². The number of piperazine rings is 1. The van der Waals surface area contributed by atoms with Gasteiger partial charge in [-0.3, -0.25) is 19.8 Å². The van der Waals surface area contributed by atoms with Gasteiger partial charge in [0.2, 0.25) is 0 Å². The first-order valence-electron chi connectivity index (χ1n) is 9.34. The average Bonchev–Trinajstić information content (AvgIpc) is 3.24. The van der Waals surface area contributed by atoms with Crippen LogP contribution in [-0.2, 0) is 6.54 Å². The number of amides is 1. The maximum absolute atomic E-state index is 13.1. The third-order valence-electron chi connectivity index (χ3n) is 5.02. The lowest BCUT2D eigenvalue weighted by Gasteiger charge is -2.34. The molecular weight excluding hydrogens is 354 g/mol. The smallest absolute Gasteiger partial charge is 0.257 e. The molecule has 1 aliphatic heterocycles. The minimum Gasteiger partial charge on any atom is -0.497 e. The second-order valence-corrected chi connectivity index (χ2v) is 6.78. The number of aromatic nitrogens is 3. The van der Waals surface area contributed by atoms with Crippen molar-refractivity contribution in [2.24, 2.45) is 0 Å². The molecule has 3 heterocycles. The number of aromatic amines is 1. The van der Waals surface area contributed by atoms with E-state index in [2.05, 4.69) is 20.1 Å². The number of pyridine rings is 1. The molecule has 0 spiro atoms. The Kier molecular flexibility index (Phi) is 5.34. The fraction of sp³-hybridized carbons (Fsp3) is 0.286. The Labute approximate surface area is 164 Å². The van der Waals surface area contributed by atoms with Crippen molar-refractivity contribution in [1.29, 1.82) is 0 Å². The average molecular weight is 377 g/mol. The number of hydrogen-bond donors (Lipinski definition) is 1. The molecule has 28 heavy (non-hydrogen) atoms. The van der Waals surface area contributed by atoms with E-state index in [0.29, 0.717) is 18.7 Å². The van der Waals surface area contributed by atoms with Crippen LogP contribution in [0.3, 0.4) is 0 Å². The minimum absolute atomic E-state index is 0.0112. The topological polar surface area (TPSA) is 74.3 Å². The summed E-state index contributed by atoms with van der Waals surface area (Å²) >= 11 is 0. The third-order valence-corrected chi connectivity index (χ3v) is 5.02. The molecule has 3 aromatic rings. The number of nitrogens with zero attached hydrogens (tertiary/aromatic N) is 4. The standard InChI is InChI=1S/C21H23N5O2/c1-28-18-7-5-16(6-8-18)20-19(14-23-24-20)21(27)26-12-10-25(11-13-26)15-17-4-2-3-9-22-17/h2-9,14H,10-13,15H2,1H3,(H,23,24). The van der Waals surface area contributed by atoms with Crippen molar-refractivity contribution in [3.8, 4) is 17.0 Å². The van der Waals surface area contributed by atoms with Crippen molar-refractivity contribution in [2.45, 2.75) is 6.54 Å². The molecule has 0 radical (unpaired) electrons. The van der Waals surface area contributed by atoms with E-state index in [-0.39, 0.29) is 5.91 Å². The zero-order valence-corrected chi connectivity index (χ0v) is 15.8. The summed E-state index contributed by atoms with van der Waals surface area (Å²) in [6.45, 7) is 3.86. The van der Waals surface area contributed by atoms with Gasteiger partial charge in [-0.15, -0.1) is 0 Å². The highest BCUT2D eigenvalue weighted by Gasteiger charge is 2.25. The van der Waals surface area contributed by atoms with Crippen molar-refractivity contribution < 1.29 is 9.53 Å². The Bertz CT molecular complexity index is 915. The molecule has 1 aromatic carbocycles. The second kappa shape index (κ2) is 8.22. The van der Waals surface area contributed by atoms with Gasteiger partial charge in [0.25, 0.3) is 5.91 Å². The highest BCUT2D eigenvalue weighted by atomic mass is 16.5. The molecule has 1 amide bonds. The van der Waals surface area contributed by atoms with Crippen LogP contribution in [0, 0.1) is 0 Å². The molecule has 1 aliphatic rings. The van der Waals surface area contributed by atoms with Gasteiger partial charge < -0.3 is 9.64 Å². The van der Waals surface area contributed by atoms with Crippen LogP contribution in [0.25, 0.3) is 11.3 Å². The number of carbonyl (C=O) groups excluding carboxylic acids is 1. The zero-order valence-electron chi connectivity index (χ0n) is 15.8. The van der Waals surface area contributed by atoms with Crippen molar-refractivity contribution in [2.75, 3.05) is 33.3 Å². The summed E-state index contributed by atoms with van der Waals surface area (Å²) in [7, 11) is 1.63. The summed E-state index contributed by atoms with van der Waals surface area (Å²) in [5.74, 6) is 0.789. The lowest BCUT2D eigenvalue weighted by atomic mass is 10.1. The van der Waals surface area contributed by atoms with Crippen LogP contribution in [-0.4, -0.2) is 64.2 Å². The van der Waals surface area contributed by atoms with Gasteiger partial charge in [0, 0.05) is 44.5 Å². The summed E-state index contributed by atoms with van der Waals surface area (Å²) in [4.78, 5) is 21.7. The molecule has 7 nitrogen and oxygen atoms in total. The van der Waals surface area contributed by atoms with Gasteiger partial charge in [0.05, 0.1) is 30.3 Å². The van der Waals surface area contributed by atoms with Crippen LogP contribution in [0.15, 0.2) is 54.9 Å². The van der Waals surface area contributed by atoms with Gasteiger partial charge in [0.15, 0.2) is 0 Å². The van der Waals surface area contributed by atoms with Crippen molar-refractivity contribution >= 4 is 5.91 Å². The van der Waals surface area contributed by atoms with Crippen LogP contribution in [0.1, 0.15) is 16.1 Å². The summed E-state index contributed by atoms with van der Waals surface area (Å²) in [5.41, 5.74) is 3.31. The summed E-state index contributed by atoms with van der Waals surface area (Å²) in [6, 6.07) is 13.6. The molecule has 0 unspecified atom stereocenters. The Morgan fingerprint density at radius 3 is 2.57 bits per heavy atom. The zero-order chi connectivity index (χ0) is 19.3. The maximum Gasteiger partial charge on any atom is 0.257 e. The van der Waals surface area contributed by atoms with Crippen LogP contribution >= 0.6 is 0 Å². The first-order valence-corrected chi connectivity index (χ1v) is 9.34. The van der Waals surface area contributed by atoms with Gasteiger partial charge >= 0.3 is 0 Å². The first kappa shape index (κ1) is 18.2. The summed E-state index contributed by atoms with van der Waals surface area (Å²) in [6.07, 6.45) is 3.43. The Morgan fingerprint density at radius 2 is 1.89 bits per heavy atom. The fourth-order valence-corrected chi connectivity index (χ4v) is 3.43. The van der Waals surface area contributed by atoms with E-state index in [1.54, 1.807) is 13.3 Å². The van der Waals surface area contributed by atoms with Gasteiger partial charge in [-0.25, -0.2) is 0 Å². The summed E-state index contributed by atoms with van der Waals surface area (Å²) in [5, 5.41) is 7.07. The van der Waals surface area contributed by atoms with Crippen molar-refractivity contribution in [1.82, 2.24) is 25.0 Å². The molecule has 0 atom stereocenters. The monoisotopic (exact) mass is 377 g/mol. The molecule has 0 aliphatic carbocycles. The van der Waals surface area contributed by atoms with E-state index in [9.17, 15) is 4.79 Å². The Morgan fingerprint density at radius 1 is 1.11 bits per heavy atom. The van der Waals surface area contributed by atoms with Crippen molar-refractivity contribution in [3.63, 3.8) is 0 Å². The fourth-order valence-electron chi connectivity index (χ4n) is 3.43. The van der Waals surface area contributed by atoms with Crippen LogP contribution in [0.5, 0.6) is 5.75 Å². The van der Waals surface area contributed by atoms with E-state index in [1.165, 1.54) is 0 Å². The molecule has 144 valence electrons. The number of nitrogens with one attached hydrogen (secondary N) is 1. The second-order valence-electron chi connectivity index (χ2n) is 6.78. The van der Waals surface area contributed by atoms with Crippen LogP contribution in [0.2, 0.25) is 0 Å². The van der Waals surface area contributed by atoms with E-state index in [4.69, 9.17) is 4.74 Å². The Hall–Kier alpha value is -3.19. The van der Waals surface area contributed by atoms with Crippen LogP contribution < -0.4 is 4.74 Å². The lowest BCUT2D eigenvalue weighted by Crippen LogP contribution is -2.48. The largest absolute Gasteiger partial charge is 0.497 e. The van der Waals surface area contributed by atoms with Gasteiger partial charge in [-0.1, -0.05) is 6.07 Å². The third kappa shape index (κ3) is 3.89. The quantitative estimate of drug-likeness (QED) is 0.739. The van der Waals surface area contributed by atoms with E-state index in [0.717, 1.165) is 42.3 Å². The molecule has 1 saturated heterocycles. The Balaban J connectivity index is 1.41. The number of methoxy groups -OCH3 is 1. The highest BCUT2D eigenvalue weighted by molar-refractivity contribution is 5.99. The van der Waals surface area contributed by atoms with E-state index < -0.39 is 0 Å². The first-order chi connectivity index (χ1) is 13.7. The number of H-pyrrole nitrogens is 1. The number of rotatable bonds is 5. The molecule has 2 aromatic heterocycles. The number of ether oxygens (including phenoxy) is 1.